The Labute approximate surface area is 264 Å². The van der Waals surface area contributed by atoms with Crippen LogP contribution in [0.4, 0.5) is 11.4 Å². The van der Waals surface area contributed by atoms with Crippen LogP contribution in [0.1, 0.15) is 10.4 Å². The minimum Gasteiger partial charge on any atom is -0.368 e. The molecule has 4 aromatic carbocycles. The maximum atomic E-state index is 13.6. The molecule has 5 aromatic rings. The van der Waals surface area contributed by atoms with Crippen LogP contribution >= 0.6 is 23.4 Å². The Hall–Kier alpha value is -4.32. The van der Waals surface area contributed by atoms with Gasteiger partial charge in [-0.25, -0.2) is 4.98 Å². The Morgan fingerprint density at radius 1 is 0.841 bits per heavy atom. The van der Waals surface area contributed by atoms with E-state index in [0.29, 0.717) is 58.6 Å². The lowest BCUT2D eigenvalue weighted by Gasteiger charge is -2.36. The quantitative estimate of drug-likeness (QED) is 0.181. The first-order valence-corrected chi connectivity index (χ1v) is 16.8. The standard InChI is InChI=1S/C32H28ClN5O4S2/c33-24-12-10-23(11-13-24)31(40)37-20-18-36(19-21-37)26-16-14-25(15-17-26)34-30(39)22-43-32-35-28-8-4-5-9-29(28)38(32)44(41,42)27-6-2-1-3-7-27/h1-17H,18-22H2,(H,34,39)/p+1. The van der Waals surface area contributed by atoms with Gasteiger partial charge in [0.2, 0.25) is 5.91 Å². The number of imidazole rings is 1. The summed E-state index contributed by atoms with van der Waals surface area (Å²) in [7, 11) is -3.90. The largest absolute Gasteiger partial charge is 0.368 e. The van der Waals surface area contributed by atoms with Crippen LogP contribution in [-0.2, 0) is 14.8 Å². The molecule has 0 unspecified atom stereocenters. The topological polar surface area (TPSA) is 106 Å². The van der Waals surface area contributed by atoms with E-state index in [1.807, 2.05) is 35.2 Å². The van der Waals surface area contributed by atoms with E-state index in [1.54, 1.807) is 72.8 Å². The maximum absolute atomic E-state index is 13.6. The second kappa shape index (κ2) is 12.7. The van der Waals surface area contributed by atoms with Gasteiger partial charge in [-0.05, 0) is 84.6 Å². The van der Waals surface area contributed by atoms with Gasteiger partial charge in [-0.15, -0.1) is 3.97 Å². The van der Waals surface area contributed by atoms with Crippen molar-refractivity contribution in [1.82, 2.24) is 9.88 Å². The van der Waals surface area contributed by atoms with Crippen molar-refractivity contribution >= 4 is 67.6 Å². The monoisotopic (exact) mass is 646 g/mol. The molecule has 2 heterocycles. The summed E-state index contributed by atoms with van der Waals surface area (Å²) in [5.74, 6) is -0.269. The molecule has 1 fully saturated rings. The molecule has 0 spiro atoms. The van der Waals surface area contributed by atoms with E-state index in [0.717, 1.165) is 17.4 Å². The molecule has 224 valence electrons. The first-order chi connectivity index (χ1) is 21.3. The molecule has 0 saturated carbocycles. The van der Waals surface area contributed by atoms with Crippen LogP contribution in [0.5, 0.6) is 0 Å². The fourth-order valence-electron chi connectivity index (χ4n) is 5.09. The molecular weight excluding hydrogens is 618 g/mol. The van der Waals surface area contributed by atoms with Crippen LogP contribution in [0.2, 0.25) is 5.02 Å². The lowest BCUT2D eigenvalue weighted by Crippen LogP contribution is -2.48. The molecule has 1 aromatic heterocycles. The van der Waals surface area contributed by atoms with E-state index in [-0.39, 0.29) is 22.5 Å². The van der Waals surface area contributed by atoms with E-state index < -0.39 is 10.0 Å². The van der Waals surface area contributed by atoms with Crippen LogP contribution in [-0.4, -0.2) is 62.0 Å². The van der Waals surface area contributed by atoms with Crippen molar-refractivity contribution in [2.75, 3.05) is 42.1 Å². The van der Waals surface area contributed by atoms with Crippen molar-refractivity contribution in [1.29, 1.82) is 0 Å². The van der Waals surface area contributed by atoms with Gasteiger partial charge in [-0.1, -0.05) is 41.9 Å². The number of carbonyl (C=O) groups excluding carboxylic acids is 2. The van der Waals surface area contributed by atoms with Crippen molar-refractivity contribution in [3.63, 3.8) is 0 Å². The summed E-state index contributed by atoms with van der Waals surface area (Å²) >= 11 is 7.06. The average molecular weight is 647 g/mol. The van der Waals surface area contributed by atoms with Gasteiger partial charge in [-0.2, -0.15) is 8.42 Å². The number of para-hydroxylation sites is 2. The highest BCUT2D eigenvalue weighted by molar-refractivity contribution is 8.00. The highest BCUT2D eigenvalue weighted by Gasteiger charge is 2.32. The number of rotatable bonds is 8. The molecule has 1 aliphatic heterocycles. The SMILES string of the molecule is O=C(CSc1[nH]c2ccccc2[n+]1S(=O)(=O)c1ccccc1)Nc1ccc(N2CCN(C(=O)c3ccc(Cl)cc3)CC2)cc1. The molecule has 1 saturated heterocycles. The number of hydrogen-bond donors (Lipinski definition) is 2. The van der Waals surface area contributed by atoms with Gasteiger partial charge < -0.3 is 15.1 Å². The van der Waals surface area contributed by atoms with Crippen molar-refractivity contribution in [2.24, 2.45) is 0 Å². The first kappa shape index (κ1) is 29.7. The third kappa shape index (κ3) is 6.30. The lowest BCUT2D eigenvalue weighted by molar-refractivity contribution is -0.526. The summed E-state index contributed by atoms with van der Waals surface area (Å²) in [6.45, 7) is 2.59. The number of nitrogens with zero attached hydrogens (tertiary/aromatic N) is 3. The molecule has 0 radical (unpaired) electrons. The third-order valence-electron chi connectivity index (χ3n) is 7.34. The van der Waals surface area contributed by atoms with Gasteiger partial charge in [0.15, 0.2) is 11.0 Å². The number of halogens is 1. The molecule has 0 aliphatic carbocycles. The summed E-state index contributed by atoms with van der Waals surface area (Å²) in [4.78, 5) is 33.1. The van der Waals surface area contributed by atoms with E-state index >= 15 is 0 Å². The van der Waals surface area contributed by atoms with Gasteiger partial charge in [0.1, 0.15) is 4.90 Å². The van der Waals surface area contributed by atoms with E-state index in [2.05, 4.69) is 15.2 Å². The number of anilines is 2. The van der Waals surface area contributed by atoms with Gasteiger partial charge in [0, 0.05) is 48.1 Å². The fourth-order valence-corrected chi connectivity index (χ4v) is 7.80. The lowest BCUT2D eigenvalue weighted by atomic mass is 10.1. The summed E-state index contributed by atoms with van der Waals surface area (Å²) in [5.41, 5.74) is 3.42. The number of nitrogens with one attached hydrogen (secondary N) is 2. The average Bonchev–Trinajstić information content (AvgIpc) is 3.44. The predicted octanol–water partition coefficient (Wildman–Crippen LogP) is 5.04. The second-order valence-electron chi connectivity index (χ2n) is 10.2. The zero-order valence-electron chi connectivity index (χ0n) is 23.5. The number of benzene rings is 4. The predicted molar refractivity (Wildman–Crippen MR) is 173 cm³/mol. The van der Waals surface area contributed by atoms with Crippen LogP contribution in [0.15, 0.2) is 113 Å². The number of piperazine rings is 1. The number of amides is 2. The van der Waals surface area contributed by atoms with Gasteiger partial charge in [0.05, 0.1) is 5.75 Å². The third-order valence-corrected chi connectivity index (χ3v) is 10.4. The van der Waals surface area contributed by atoms with Gasteiger partial charge in [-0.3, -0.25) is 9.59 Å². The van der Waals surface area contributed by atoms with Crippen molar-refractivity contribution in [3.8, 4) is 0 Å². The number of fused-ring (bicyclic) bond motifs is 1. The van der Waals surface area contributed by atoms with E-state index in [9.17, 15) is 18.0 Å². The number of H-pyrrole nitrogens is 1. The zero-order valence-corrected chi connectivity index (χ0v) is 25.9. The summed E-state index contributed by atoms with van der Waals surface area (Å²) in [6, 6.07) is 29.8. The normalized spacial score (nSPS) is 13.7. The highest BCUT2D eigenvalue weighted by Crippen LogP contribution is 2.24. The molecule has 9 nitrogen and oxygen atoms in total. The molecule has 0 bridgehead atoms. The fraction of sp³-hybridized carbons (Fsp3) is 0.156. The van der Waals surface area contributed by atoms with E-state index in [1.165, 1.54) is 3.97 Å². The number of hydrogen-bond acceptors (Lipinski definition) is 6. The van der Waals surface area contributed by atoms with Crippen LogP contribution < -0.4 is 14.2 Å². The Bertz CT molecular complexity index is 1910. The van der Waals surface area contributed by atoms with Crippen LogP contribution in [0, 0.1) is 0 Å². The number of thioether (sulfide) groups is 1. The zero-order chi connectivity index (χ0) is 30.7. The summed E-state index contributed by atoms with van der Waals surface area (Å²) in [6.07, 6.45) is 0. The smallest absolute Gasteiger partial charge is 0.336 e. The minimum absolute atomic E-state index is 0.00247. The van der Waals surface area contributed by atoms with Crippen molar-refractivity contribution in [2.45, 2.75) is 10.1 Å². The van der Waals surface area contributed by atoms with E-state index in [4.69, 9.17) is 11.6 Å². The minimum atomic E-state index is -3.90. The Morgan fingerprint density at radius 2 is 1.50 bits per heavy atom. The summed E-state index contributed by atoms with van der Waals surface area (Å²) in [5, 5.41) is 3.84. The van der Waals surface area contributed by atoms with Crippen molar-refractivity contribution in [3.05, 3.63) is 114 Å². The molecule has 12 heteroatoms. The van der Waals surface area contributed by atoms with Crippen molar-refractivity contribution < 1.29 is 22.0 Å². The molecular formula is C32H29ClN5O4S2+. The Morgan fingerprint density at radius 3 is 2.20 bits per heavy atom. The van der Waals surface area contributed by atoms with Gasteiger partial charge in [0.25, 0.3) is 5.91 Å². The molecule has 44 heavy (non-hydrogen) atoms. The number of aromatic nitrogens is 2. The van der Waals surface area contributed by atoms with Crippen LogP contribution in [0.25, 0.3) is 11.0 Å². The molecule has 0 atom stereocenters. The molecule has 2 amide bonds. The first-order valence-electron chi connectivity index (χ1n) is 14.0. The molecule has 6 rings (SSSR count). The summed E-state index contributed by atoms with van der Waals surface area (Å²) < 4.78 is 28.4. The number of aromatic amines is 1. The second-order valence-corrected chi connectivity index (χ2v) is 13.4. The maximum Gasteiger partial charge on any atom is 0.336 e. The van der Waals surface area contributed by atoms with Gasteiger partial charge >= 0.3 is 15.2 Å². The highest BCUT2D eigenvalue weighted by atomic mass is 35.5. The Kier molecular flexibility index (Phi) is 8.60. The number of carbonyl (C=O) groups is 2. The molecule has 1 aliphatic rings. The molecule has 2 N–H and O–H groups in total. The van der Waals surface area contributed by atoms with Crippen LogP contribution in [0.3, 0.4) is 0 Å². The Balaban J connectivity index is 1.07.